The summed E-state index contributed by atoms with van der Waals surface area (Å²) in [5.74, 6) is 1.69. The van der Waals surface area contributed by atoms with Crippen molar-refractivity contribution >= 4 is 21.8 Å². The Labute approximate surface area is 105 Å². The summed E-state index contributed by atoms with van der Waals surface area (Å²) in [5.41, 5.74) is 0.606. The summed E-state index contributed by atoms with van der Waals surface area (Å²) < 4.78 is 27.7. The molecule has 7 heteroatoms. The van der Waals surface area contributed by atoms with E-state index in [1.807, 2.05) is 0 Å². The molecule has 0 aromatic carbocycles. The van der Waals surface area contributed by atoms with Gasteiger partial charge in [-0.05, 0) is 6.07 Å². The quantitative estimate of drug-likeness (QED) is 0.860. The molecule has 2 rings (SSSR count). The van der Waals surface area contributed by atoms with Gasteiger partial charge in [-0.25, -0.2) is 8.42 Å². The van der Waals surface area contributed by atoms with Crippen LogP contribution >= 0.6 is 11.8 Å². The Kier molecular flexibility index (Phi) is 3.82. The third kappa shape index (κ3) is 2.52. The lowest BCUT2D eigenvalue weighted by Crippen LogP contribution is -2.37. The van der Waals surface area contributed by atoms with Crippen molar-refractivity contribution in [2.24, 2.45) is 7.05 Å². The van der Waals surface area contributed by atoms with Crippen LogP contribution in [0.4, 0.5) is 0 Å². The highest BCUT2D eigenvalue weighted by atomic mass is 32.2. The second-order valence-electron chi connectivity index (χ2n) is 3.95. The van der Waals surface area contributed by atoms with Gasteiger partial charge in [0, 0.05) is 43.5 Å². The summed E-state index contributed by atoms with van der Waals surface area (Å²) in [6.45, 7) is 0.981. The fourth-order valence-electron chi connectivity index (χ4n) is 1.81. The van der Waals surface area contributed by atoms with Crippen molar-refractivity contribution in [3.63, 3.8) is 0 Å². The third-order valence-corrected chi connectivity index (χ3v) is 5.66. The molecule has 96 valence electrons. The number of rotatable bonds is 3. The molecular formula is C10H16N2O3S2. The van der Waals surface area contributed by atoms with Gasteiger partial charge < -0.3 is 9.67 Å². The summed E-state index contributed by atoms with van der Waals surface area (Å²) >= 11 is 1.77. The van der Waals surface area contributed by atoms with Crippen LogP contribution in [0, 0.1) is 0 Å². The number of sulfonamides is 1. The molecule has 0 saturated carbocycles. The van der Waals surface area contributed by atoms with Crippen LogP contribution in [0.25, 0.3) is 0 Å². The van der Waals surface area contributed by atoms with Gasteiger partial charge in [-0.3, -0.25) is 0 Å². The number of aromatic nitrogens is 1. The van der Waals surface area contributed by atoms with Gasteiger partial charge >= 0.3 is 0 Å². The molecule has 1 fully saturated rings. The Morgan fingerprint density at radius 2 is 2.06 bits per heavy atom. The predicted octanol–water partition coefficient (Wildman–Crippen LogP) is 0.255. The van der Waals surface area contributed by atoms with Gasteiger partial charge in [-0.15, -0.1) is 0 Å². The van der Waals surface area contributed by atoms with Crippen molar-refractivity contribution in [2.45, 2.75) is 11.5 Å². The molecule has 1 saturated heterocycles. The van der Waals surface area contributed by atoms with Gasteiger partial charge in [0.15, 0.2) is 0 Å². The molecule has 0 aliphatic carbocycles. The number of aliphatic hydroxyl groups is 1. The highest BCUT2D eigenvalue weighted by Crippen LogP contribution is 2.21. The molecule has 0 spiro atoms. The predicted molar refractivity (Wildman–Crippen MR) is 67.4 cm³/mol. The van der Waals surface area contributed by atoms with Crippen LogP contribution in [0.3, 0.4) is 0 Å². The average molecular weight is 276 g/mol. The van der Waals surface area contributed by atoms with Crippen LogP contribution in [0.15, 0.2) is 17.2 Å². The molecule has 17 heavy (non-hydrogen) atoms. The Morgan fingerprint density at radius 3 is 2.59 bits per heavy atom. The van der Waals surface area contributed by atoms with Crippen LogP contribution in [-0.4, -0.2) is 47.0 Å². The smallest absolute Gasteiger partial charge is 0.244 e. The number of thioether (sulfide) groups is 1. The van der Waals surface area contributed by atoms with E-state index >= 15 is 0 Å². The van der Waals surface area contributed by atoms with Crippen LogP contribution in [0.2, 0.25) is 0 Å². The molecule has 1 N–H and O–H groups in total. The van der Waals surface area contributed by atoms with E-state index in [0.29, 0.717) is 18.8 Å². The zero-order valence-corrected chi connectivity index (χ0v) is 11.3. The first kappa shape index (κ1) is 12.9. The van der Waals surface area contributed by atoms with Gasteiger partial charge in [0.05, 0.1) is 6.61 Å². The lowest BCUT2D eigenvalue weighted by Gasteiger charge is -2.24. The first-order chi connectivity index (χ1) is 8.05. The Bertz CT molecular complexity index is 490. The van der Waals surface area contributed by atoms with Crippen LogP contribution < -0.4 is 0 Å². The van der Waals surface area contributed by atoms with Crippen molar-refractivity contribution in [1.82, 2.24) is 8.87 Å². The van der Waals surface area contributed by atoms with Gasteiger partial charge in [0.1, 0.15) is 4.90 Å². The zero-order chi connectivity index (χ0) is 12.5. The van der Waals surface area contributed by atoms with E-state index in [9.17, 15) is 8.42 Å². The summed E-state index contributed by atoms with van der Waals surface area (Å²) in [6, 6.07) is 1.54. The number of aliphatic hydroxyl groups excluding tert-OH is 1. The van der Waals surface area contributed by atoms with Gasteiger partial charge in [0.2, 0.25) is 10.0 Å². The topological polar surface area (TPSA) is 62.5 Å². The summed E-state index contributed by atoms with van der Waals surface area (Å²) in [6.07, 6.45) is 1.56. The molecule has 1 aliphatic heterocycles. The average Bonchev–Trinajstić information content (AvgIpc) is 2.72. The zero-order valence-electron chi connectivity index (χ0n) is 9.66. The van der Waals surface area contributed by atoms with Crippen molar-refractivity contribution < 1.29 is 13.5 Å². The fourth-order valence-corrected chi connectivity index (χ4v) is 4.48. The SMILES string of the molecule is Cn1cc(S(=O)(=O)N2CCSCC2)cc1CO. The standard InChI is InChI=1S/C10H16N2O3S2/c1-11-7-10(6-9(11)8-13)17(14,15)12-2-4-16-5-3-12/h6-7,13H,2-5,8H2,1H3. The highest BCUT2D eigenvalue weighted by molar-refractivity contribution is 7.99. The van der Waals surface area contributed by atoms with Gasteiger partial charge in [-0.1, -0.05) is 0 Å². The highest BCUT2D eigenvalue weighted by Gasteiger charge is 2.27. The molecule has 0 radical (unpaired) electrons. The first-order valence-electron chi connectivity index (χ1n) is 5.39. The van der Waals surface area contributed by atoms with E-state index in [0.717, 1.165) is 11.5 Å². The molecule has 1 aromatic heterocycles. The molecule has 1 aliphatic rings. The summed E-state index contributed by atoms with van der Waals surface area (Å²) in [7, 11) is -1.65. The maximum absolute atomic E-state index is 12.3. The van der Waals surface area contributed by atoms with E-state index in [1.165, 1.54) is 10.4 Å². The Hall–Kier alpha value is -0.500. The van der Waals surface area contributed by atoms with E-state index < -0.39 is 10.0 Å². The first-order valence-corrected chi connectivity index (χ1v) is 7.99. The maximum atomic E-state index is 12.3. The second-order valence-corrected chi connectivity index (χ2v) is 7.12. The lowest BCUT2D eigenvalue weighted by atomic mass is 10.5. The summed E-state index contributed by atoms with van der Waals surface area (Å²) in [5, 5.41) is 9.08. The molecule has 2 heterocycles. The number of hydrogen-bond donors (Lipinski definition) is 1. The third-order valence-electron chi connectivity index (χ3n) is 2.85. The van der Waals surface area contributed by atoms with Gasteiger partial charge in [0.25, 0.3) is 0 Å². The molecule has 0 atom stereocenters. The lowest BCUT2D eigenvalue weighted by molar-refractivity contribution is 0.272. The van der Waals surface area contributed by atoms with E-state index in [2.05, 4.69) is 0 Å². The summed E-state index contributed by atoms with van der Waals surface area (Å²) in [4.78, 5) is 0.274. The molecule has 1 aromatic rings. The van der Waals surface area contributed by atoms with Crippen molar-refractivity contribution in [1.29, 1.82) is 0 Å². The number of aryl methyl sites for hydroxylation is 1. The number of hydrogen-bond acceptors (Lipinski definition) is 4. The normalized spacial score (nSPS) is 18.5. The van der Waals surface area contributed by atoms with Crippen LogP contribution in [-0.2, 0) is 23.7 Å². The van der Waals surface area contributed by atoms with Crippen LogP contribution in [0.1, 0.15) is 5.69 Å². The van der Waals surface area contributed by atoms with Crippen molar-refractivity contribution in [3.05, 3.63) is 18.0 Å². The van der Waals surface area contributed by atoms with E-state index in [1.54, 1.807) is 29.6 Å². The minimum absolute atomic E-state index is 0.151. The fraction of sp³-hybridized carbons (Fsp3) is 0.600. The molecule has 0 bridgehead atoms. The van der Waals surface area contributed by atoms with E-state index in [-0.39, 0.29) is 11.5 Å². The molecule has 0 unspecified atom stereocenters. The Balaban J connectivity index is 2.30. The Morgan fingerprint density at radius 1 is 1.41 bits per heavy atom. The number of nitrogens with zero attached hydrogens (tertiary/aromatic N) is 2. The molecule has 0 amide bonds. The van der Waals surface area contributed by atoms with Crippen LogP contribution in [0.5, 0.6) is 0 Å². The van der Waals surface area contributed by atoms with E-state index in [4.69, 9.17) is 5.11 Å². The van der Waals surface area contributed by atoms with Crippen molar-refractivity contribution in [3.8, 4) is 0 Å². The maximum Gasteiger partial charge on any atom is 0.244 e. The monoisotopic (exact) mass is 276 g/mol. The van der Waals surface area contributed by atoms with Gasteiger partial charge in [-0.2, -0.15) is 16.1 Å². The molecular weight excluding hydrogens is 260 g/mol. The van der Waals surface area contributed by atoms with Crippen molar-refractivity contribution in [2.75, 3.05) is 24.6 Å². The minimum Gasteiger partial charge on any atom is -0.390 e. The second kappa shape index (κ2) is 5.01. The largest absolute Gasteiger partial charge is 0.390 e. The minimum atomic E-state index is -3.39. The molecule has 5 nitrogen and oxygen atoms in total.